The number of hydrogen-bond donors (Lipinski definition) is 0. The molecule has 1 saturated heterocycles. The van der Waals surface area contributed by atoms with Gasteiger partial charge in [-0.1, -0.05) is 17.7 Å². The van der Waals surface area contributed by atoms with Gasteiger partial charge in [-0.05, 0) is 38.1 Å². The molecule has 0 amide bonds. The minimum Gasteiger partial charge on any atom is -0.349 e. The van der Waals surface area contributed by atoms with E-state index in [9.17, 15) is 4.39 Å². The van der Waals surface area contributed by atoms with Gasteiger partial charge in [0.25, 0.3) is 0 Å². The van der Waals surface area contributed by atoms with E-state index < -0.39 is 0 Å². The summed E-state index contributed by atoms with van der Waals surface area (Å²) in [6, 6.07) is 4.76. The number of halogens is 2. The maximum Gasteiger partial charge on any atom is 0.195 e. The first kappa shape index (κ1) is 18.0. The summed E-state index contributed by atoms with van der Waals surface area (Å²) in [5.41, 5.74) is 0.566. The van der Waals surface area contributed by atoms with Crippen molar-refractivity contribution in [2.75, 3.05) is 47.8 Å². The fourth-order valence-corrected chi connectivity index (χ4v) is 3.41. The quantitative estimate of drug-likeness (QED) is 0.621. The van der Waals surface area contributed by atoms with Crippen molar-refractivity contribution < 1.29 is 4.39 Å². The first-order valence-corrected chi connectivity index (χ1v) is 8.36. The second kappa shape index (κ2) is 7.97. The van der Waals surface area contributed by atoms with E-state index in [0.29, 0.717) is 17.1 Å². The number of hydrogen-bond acceptors (Lipinski definition) is 2. The predicted molar refractivity (Wildman–Crippen MR) is 94.6 cm³/mol. The standard InChI is InChI=1S/C17H26ClFN4/c1-21(2)17(22(3)4)20-12-15(23-10-5-6-11-23)16-13(18)8-7-9-14(16)19/h7-9,15H,5-6,10-12H2,1-4H3. The zero-order valence-corrected chi connectivity index (χ0v) is 15.1. The van der Waals surface area contributed by atoms with Crippen LogP contribution in [0.5, 0.6) is 0 Å². The lowest BCUT2D eigenvalue weighted by Crippen LogP contribution is -2.37. The van der Waals surface area contributed by atoms with Gasteiger partial charge in [-0.25, -0.2) is 4.39 Å². The maximum atomic E-state index is 14.4. The van der Waals surface area contributed by atoms with E-state index >= 15 is 0 Å². The number of likely N-dealkylation sites (tertiary alicyclic amines) is 1. The second-order valence-electron chi connectivity index (χ2n) is 6.32. The fourth-order valence-electron chi connectivity index (χ4n) is 3.12. The molecule has 0 N–H and O–H groups in total. The van der Waals surface area contributed by atoms with Crippen LogP contribution < -0.4 is 0 Å². The van der Waals surface area contributed by atoms with Crippen molar-refractivity contribution in [3.63, 3.8) is 0 Å². The third-order valence-electron chi connectivity index (χ3n) is 4.12. The molecule has 1 aromatic carbocycles. The summed E-state index contributed by atoms with van der Waals surface area (Å²) in [4.78, 5) is 10.9. The number of benzene rings is 1. The summed E-state index contributed by atoms with van der Waals surface area (Å²) < 4.78 is 14.4. The van der Waals surface area contributed by atoms with E-state index in [0.717, 1.165) is 31.9 Å². The molecule has 1 unspecified atom stereocenters. The molecule has 1 heterocycles. The van der Waals surface area contributed by atoms with Crippen molar-refractivity contribution in [3.05, 3.63) is 34.6 Å². The number of rotatable bonds is 4. The Morgan fingerprint density at radius 1 is 1.22 bits per heavy atom. The van der Waals surface area contributed by atoms with E-state index in [2.05, 4.69) is 4.90 Å². The summed E-state index contributed by atoms with van der Waals surface area (Å²) in [7, 11) is 7.83. The fraction of sp³-hybridized carbons (Fsp3) is 0.588. The van der Waals surface area contributed by atoms with Crippen molar-refractivity contribution in [1.82, 2.24) is 14.7 Å². The summed E-state index contributed by atoms with van der Waals surface area (Å²) in [6.45, 7) is 2.42. The first-order valence-electron chi connectivity index (χ1n) is 7.99. The Labute approximate surface area is 143 Å². The molecule has 0 aliphatic carbocycles. The van der Waals surface area contributed by atoms with Crippen LogP contribution in [-0.4, -0.2) is 68.5 Å². The second-order valence-corrected chi connectivity index (χ2v) is 6.73. The van der Waals surface area contributed by atoms with Crippen LogP contribution in [-0.2, 0) is 0 Å². The Hall–Kier alpha value is -1.33. The van der Waals surface area contributed by atoms with Gasteiger partial charge >= 0.3 is 0 Å². The molecule has 0 aromatic heterocycles. The topological polar surface area (TPSA) is 22.1 Å². The lowest BCUT2D eigenvalue weighted by Gasteiger charge is -2.29. The lowest BCUT2D eigenvalue weighted by atomic mass is 10.0. The van der Waals surface area contributed by atoms with Crippen molar-refractivity contribution in [2.24, 2.45) is 4.99 Å². The highest BCUT2D eigenvalue weighted by Crippen LogP contribution is 2.32. The zero-order chi connectivity index (χ0) is 17.0. The lowest BCUT2D eigenvalue weighted by molar-refractivity contribution is 0.245. The molecular weight excluding hydrogens is 315 g/mol. The van der Waals surface area contributed by atoms with Crippen LogP contribution in [0.1, 0.15) is 24.4 Å². The minimum absolute atomic E-state index is 0.124. The van der Waals surface area contributed by atoms with Gasteiger partial charge in [-0.2, -0.15) is 0 Å². The molecule has 4 nitrogen and oxygen atoms in total. The van der Waals surface area contributed by atoms with Crippen molar-refractivity contribution in [1.29, 1.82) is 0 Å². The summed E-state index contributed by atoms with van der Waals surface area (Å²) in [5, 5.41) is 0.480. The SMILES string of the molecule is CN(C)C(=NCC(c1c(F)cccc1Cl)N1CCCC1)N(C)C. The van der Waals surface area contributed by atoms with Crippen molar-refractivity contribution in [2.45, 2.75) is 18.9 Å². The Morgan fingerprint density at radius 2 is 1.83 bits per heavy atom. The monoisotopic (exact) mass is 340 g/mol. The third kappa shape index (κ3) is 4.36. The molecule has 0 saturated carbocycles. The van der Waals surface area contributed by atoms with Crippen LogP contribution in [0.4, 0.5) is 4.39 Å². The van der Waals surface area contributed by atoms with Crippen LogP contribution in [0.2, 0.25) is 5.02 Å². The highest BCUT2D eigenvalue weighted by molar-refractivity contribution is 6.31. The molecular formula is C17H26ClFN4. The van der Waals surface area contributed by atoms with Crippen LogP contribution in [0, 0.1) is 5.82 Å². The van der Waals surface area contributed by atoms with Gasteiger partial charge in [-0.3, -0.25) is 9.89 Å². The average Bonchev–Trinajstić information content (AvgIpc) is 2.98. The van der Waals surface area contributed by atoms with Crippen LogP contribution >= 0.6 is 11.6 Å². The van der Waals surface area contributed by atoms with Gasteiger partial charge in [0, 0.05) is 38.8 Å². The van der Waals surface area contributed by atoms with Crippen LogP contribution in [0.15, 0.2) is 23.2 Å². The van der Waals surface area contributed by atoms with Gasteiger partial charge in [0.05, 0.1) is 12.6 Å². The average molecular weight is 341 g/mol. The van der Waals surface area contributed by atoms with Gasteiger partial charge < -0.3 is 9.80 Å². The molecule has 1 atom stereocenters. The molecule has 1 aromatic rings. The molecule has 0 spiro atoms. The Morgan fingerprint density at radius 3 is 2.35 bits per heavy atom. The van der Waals surface area contributed by atoms with Crippen molar-refractivity contribution in [3.8, 4) is 0 Å². The predicted octanol–water partition coefficient (Wildman–Crippen LogP) is 3.10. The molecule has 23 heavy (non-hydrogen) atoms. The number of aliphatic imine (C=N–C) groups is 1. The maximum absolute atomic E-state index is 14.4. The highest BCUT2D eigenvalue weighted by Gasteiger charge is 2.27. The smallest absolute Gasteiger partial charge is 0.195 e. The van der Waals surface area contributed by atoms with Gasteiger partial charge in [0.2, 0.25) is 0 Å². The molecule has 0 radical (unpaired) electrons. The Balaban J connectivity index is 2.34. The summed E-state index contributed by atoms with van der Waals surface area (Å²) in [6.07, 6.45) is 2.28. The van der Waals surface area contributed by atoms with Crippen LogP contribution in [0.25, 0.3) is 0 Å². The van der Waals surface area contributed by atoms with E-state index in [1.165, 1.54) is 6.07 Å². The number of guanidine groups is 1. The van der Waals surface area contributed by atoms with E-state index in [-0.39, 0.29) is 11.9 Å². The largest absolute Gasteiger partial charge is 0.349 e. The Bertz CT molecular complexity index is 523. The summed E-state index contributed by atoms with van der Waals surface area (Å²) >= 11 is 6.31. The third-order valence-corrected chi connectivity index (χ3v) is 4.45. The van der Waals surface area contributed by atoms with Gasteiger partial charge in [0.15, 0.2) is 5.96 Å². The molecule has 1 aliphatic rings. The highest BCUT2D eigenvalue weighted by atomic mass is 35.5. The van der Waals surface area contributed by atoms with Gasteiger partial charge in [-0.15, -0.1) is 0 Å². The van der Waals surface area contributed by atoms with Crippen LogP contribution in [0.3, 0.4) is 0 Å². The van der Waals surface area contributed by atoms with Crippen molar-refractivity contribution >= 4 is 17.6 Å². The zero-order valence-electron chi connectivity index (χ0n) is 14.4. The molecule has 0 bridgehead atoms. The van der Waals surface area contributed by atoms with E-state index in [1.807, 2.05) is 38.0 Å². The minimum atomic E-state index is -0.249. The normalized spacial score (nSPS) is 16.3. The molecule has 128 valence electrons. The summed E-state index contributed by atoms with van der Waals surface area (Å²) in [5.74, 6) is 0.613. The number of nitrogens with zero attached hydrogens (tertiary/aromatic N) is 4. The molecule has 1 fully saturated rings. The van der Waals surface area contributed by atoms with E-state index in [1.54, 1.807) is 12.1 Å². The van der Waals surface area contributed by atoms with E-state index in [4.69, 9.17) is 16.6 Å². The first-order chi connectivity index (χ1) is 10.9. The van der Waals surface area contributed by atoms with Gasteiger partial charge in [0.1, 0.15) is 5.82 Å². The Kier molecular flexibility index (Phi) is 6.25. The molecule has 2 rings (SSSR count). The molecule has 6 heteroatoms. The molecule has 1 aliphatic heterocycles.